The Morgan fingerprint density at radius 1 is 1.14 bits per heavy atom. The van der Waals surface area contributed by atoms with Crippen molar-refractivity contribution >= 4 is 0 Å². The average molecular weight is 287 g/mol. The molecule has 0 N–H and O–H groups in total. The van der Waals surface area contributed by atoms with Gasteiger partial charge in [-0.05, 0) is 80.5 Å². The van der Waals surface area contributed by atoms with E-state index in [4.69, 9.17) is 0 Å². The molecule has 2 fully saturated rings. The van der Waals surface area contributed by atoms with Crippen molar-refractivity contribution in [2.75, 3.05) is 0 Å². The second-order valence-corrected chi connectivity index (χ2v) is 8.90. The van der Waals surface area contributed by atoms with Gasteiger partial charge >= 0.3 is 0 Å². The van der Waals surface area contributed by atoms with Crippen LogP contribution in [0.3, 0.4) is 0 Å². The highest BCUT2D eigenvalue weighted by atomic mass is 14.5. The van der Waals surface area contributed by atoms with Crippen LogP contribution in [-0.4, -0.2) is 0 Å². The van der Waals surface area contributed by atoms with Gasteiger partial charge in [0.1, 0.15) is 0 Å². The molecule has 21 heavy (non-hydrogen) atoms. The van der Waals surface area contributed by atoms with Crippen LogP contribution in [0.25, 0.3) is 0 Å². The minimum atomic E-state index is 0.518. The van der Waals surface area contributed by atoms with Crippen LogP contribution in [0, 0.1) is 35.0 Å². The van der Waals surface area contributed by atoms with Gasteiger partial charge in [0.05, 0.1) is 0 Å². The predicted octanol–water partition coefficient (Wildman–Crippen LogP) is 6.39. The molecule has 2 saturated carbocycles. The third kappa shape index (κ3) is 2.43. The van der Waals surface area contributed by atoms with Crippen molar-refractivity contribution in [1.82, 2.24) is 0 Å². The molecule has 1 unspecified atom stereocenters. The fourth-order valence-corrected chi connectivity index (χ4v) is 5.91. The molecule has 0 amide bonds. The van der Waals surface area contributed by atoms with Gasteiger partial charge in [-0.1, -0.05) is 51.0 Å². The summed E-state index contributed by atoms with van der Waals surface area (Å²) in [7, 11) is 0. The molecule has 0 heterocycles. The molecule has 0 aromatic heterocycles. The summed E-state index contributed by atoms with van der Waals surface area (Å²) in [6.45, 7) is 16.9. The van der Waals surface area contributed by atoms with Crippen molar-refractivity contribution in [2.45, 2.75) is 73.1 Å². The van der Waals surface area contributed by atoms with Crippen LogP contribution in [0.15, 0.2) is 23.3 Å². The molecule has 6 atom stereocenters. The molecule has 0 aromatic carbocycles. The lowest BCUT2D eigenvalue weighted by molar-refractivity contribution is 0.0682. The van der Waals surface area contributed by atoms with Gasteiger partial charge in [0.15, 0.2) is 0 Å². The van der Waals surface area contributed by atoms with Gasteiger partial charge < -0.3 is 0 Å². The smallest absolute Gasteiger partial charge is 0.0146 e. The molecule has 0 saturated heterocycles. The lowest BCUT2D eigenvalue weighted by Crippen LogP contribution is -2.41. The van der Waals surface area contributed by atoms with E-state index in [9.17, 15) is 0 Å². The minimum absolute atomic E-state index is 0.518. The first-order chi connectivity index (χ1) is 9.83. The molecule has 3 aliphatic rings. The zero-order valence-corrected chi connectivity index (χ0v) is 14.8. The van der Waals surface area contributed by atoms with Gasteiger partial charge in [0.2, 0.25) is 0 Å². The summed E-state index contributed by atoms with van der Waals surface area (Å²) in [5.74, 6) is 4.07. The Labute approximate surface area is 132 Å². The summed E-state index contributed by atoms with van der Waals surface area (Å²) in [4.78, 5) is 0. The SMILES string of the molecule is C=C1C(C)CC[C@@]2(C)CCC3=C(C)C[C@@H](C)[C@@H](C[C@H]12)[C@H]3C. The summed E-state index contributed by atoms with van der Waals surface area (Å²) in [6, 6.07) is 0. The second kappa shape index (κ2) is 5.28. The van der Waals surface area contributed by atoms with Crippen molar-refractivity contribution < 1.29 is 0 Å². The monoisotopic (exact) mass is 286 g/mol. The van der Waals surface area contributed by atoms with Gasteiger partial charge in [-0.3, -0.25) is 0 Å². The van der Waals surface area contributed by atoms with Crippen LogP contribution in [0.1, 0.15) is 73.1 Å². The Balaban J connectivity index is 1.98. The standard InChI is InChI=1S/C21H34/c1-13-7-9-21(6)10-8-18-14(2)11-15(3)19(17(18)5)12-20(21)16(13)4/h13,15,17,19-20H,4,7-12H2,1-3,5-6H3/t13?,15-,17+,19-,20-,21+/m1/s1. The van der Waals surface area contributed by atoms with Gasteiger partial charge in [-0.25, -0.2) is 0 Å². The van der Waals surface area contributed by atoms with Crippen molar-refractivity contribution in [3.05, 3.63) is 23.3 Å². The van der Waals surface area contributed by atoms with Crippen LogP contribution in [0.5, 0.6) is 0 Å². The van der Waals surface area contributed by atoms with E-state index in [2.05, 4.69) is 41.2 Å². The van der Waals surface area contributed by atoms with Crippen LogP contribution >= 0.6 is 0 Å². The van der Waals surface area contributed by atoms with Gasteiger partial charge in [0.25, 0.3) is 0 Å². The third-order valence-electron chi connectivity index (χ3n) is 7.64. The summed E-state index contributed by atoms with van der Waals surface area (Å²) in [5, 5.41) is 0. The largest absolute Gasteiger partial charge is 0.0993 e. The molecule has 0 aromatic rings. The van der Waals surface area contributed by atoms with Gasteiger partial charge in [-0.15, -0.1) is 0 Å². The summed E-state index contributed by atoms with van der Waals surface area (Å²) in [6.07, 6.45) is 8.26. The second-order valence-electron chi connectivity index (χ2n) is 8.90. The van der Waals surface area contributed by atoms with Crippen LogP contribution in [0.2, 0.25) is 0 Å². The zero-order valence-electron chi connectivity index (χ0n) is 14.8. The number of fused-ring (bicyclic) bond motifs is 3. The molecular formula is C21H34. The molecule has 0 nitrogen and oxygen atoms in total. The maximum Gasteiger partial charge on any atom is -0.0146 e. The number of rotatable bonds is 0. The molecule has 118 valence electrons. The topological polar surface area (TPSA) is 0 Å². The van der Waals surface area contributed by atoms with Crippen LogP contribution < -0.4 is 0 Å². The van der Waals surface area contributed by atoms with E-state index in [1.54, 1.807) is 11.1 Å². The molecule has 0 heteroatoms. The van der Waals surface area contributed by atoms with E-state index < -0.39 is 0 Å². The predicted molar refractivity (Wildman–Crippen MR) is 92.1 cm³/mol. The van der Waals surface area contributed by atoms with Gasteiger partial charge in [0, 0.05) is 0 Å². The van der Waals surface area contributed by atoms with E-state index in [0.29, 0.717) is 5.41 Å². The highest BCUT2D eigenvalue weighted by Gasteiger charge is 2.46. The van der Waals surface area contributed by atoms with E-state index in [1.165, 1.54) is 38.5 Å². The summed E-state index contributed by atoms with van der Waals surface area (Å²) in [5.41, 5.74) is 5.64. The van der Waals surface area contributed by atoms with Crippen molar-refractivity contribution in [3.63, 3.8) is 0 Å². The van der Waals surface area contributed by atoms with E-state index in [1.807, 2.05) is 5.57 Å². The summed E-state index contributed by atoms with van der Waals surface area (Å²) >= 11 is 0. The number of hydrogen-bond donors (Lipinski definition) is 0. The summed E-state index contributed by atoms with van der Waals surface area (Å²) < 4.78 is 0. The Morgan fingerprint density at radius 3 is 2.57 bits per heavy atom. The van der Waals surface area contributed by atoms with Crippen molar-refractivity contribution in [1.29, 1.82) is 0 Å². The Bertz CT molecular complexity index is 468. The number of allylic oxidation sites excluding steroid dienone is 3. The maximum absolute atomic E-state index is 4.56. The minimum Gasteiger partial charge on any atom is -0.0993 e. The first-order valence-electron chi connectivity index (χ1n) is 9.20. The lowest BCUT2D eigenvalue weighted by Gasteiger charge is -2.52. The Morgan fingerprint density at radius 2 is 1.86 bits per heavy atom. The molecule has 0 spiro atoms. The van der Waals surface area contributed by atoms with Gasteiger partial charge in [-0.2, -0.15) is 0 Å². The molecule has 3 rings (SSSR count). The fraction of sp³-hybridized carbons (Fsp3) is 0.810. The first kappa shape index (κ1) is 15.4. The highest BCUT2D eigenvalue weighted by molar-refractivity contribution is 5.24. The van der Waals surface area contributed by atoms with E-state index in [-0.39, 0.29) is 0 Å². The van der Waals surface area contributed by atoms with E-state index in [0.717, 1.165) is 29.6 Å². The quantitative estimate of drug-likeness (QED) is 0.453. The van der Waals surface area contributed by atoms with Crippen molar-refractivity contribution in [2.24, 2.45) is 35.0 Å². The zero-order chi connectivity index (χ0) is 15.4. The van der Waals surface area contributed by atoms with Crippen LogP contribution in [-0.2, 0) is 0 Å². The number of hydrogen-bond acceptors (Lipinski definition) is 0. The Hall–Kier alpha value is -0.520. The molecular weight excluding hydrogens is 252 g/mol. The lowest BCUT2D eigenvalue weighted by atomic mass is 9.53. The molecule has 0 aliphatic heterocycles. The average Bonchev–Trinajstić information content (AvgIpc) is 2.41. The molecule has 2 bridgehead atoms. The third-order valence-corrected chi connectivity index (χ3v) is 7.64. The van der Waals surface area contributed by atoms with Crippen LogP contribution in [0.4, 0.5) is 0 Å². The normalized spacial score (nSPS) is 47.7. The van der Waals surface area contributed by atoms with E-state index >= 15 is 0 Å². The Kier molecular flexibility index (Phi) is 3.87. The maximum atomic E-state index is 4.56. The molecule has 0 radical (unpaired) electrons. The molecule has 3 aliphatic carbocycles. The fourth-order valence-electron chi connectivity index (χ4n) is 5.91. The highest BCUT2D eigenvalue weighted by Crippen LogP contribution is 2.57. The van der Waals surface area contributed by atoms with Crippen molar-refractivity contribution in [3.8, 4) is 0 Å². The first-order valence-corrected chi connectivity index (χ1v) is 9.20.